The molecule has 6 heteroatoms. The summed E-state index contributed by atoms with van der Waals surface area (Å²) in [5.74, 6) is -0.122. The zero-order valence-electron chi connectivity index (χ0n) is 14.9. The highest BCUT2D eigenvalue weighted by Gasteiger charge is 2.21. The van der Waals surface area contributed by atoms with Crippen LogP contribution in [0.2, 0.25) is 0 Å². The van der Waals surface area contributed by atoms with Crippen molar-refractivity contribution in [1.82, 2.24) is 5.32 Å². The van der Waals surface area contributed by atoms with Gasteiger partial charge in [0.05, 0.1) is 4.91 Å². The molecule has 0 saturated carbocycles. The number of hydrogen-bond donors (Lipinski definition) is 2. The maximum atomic E-state index is 11.8. The van der Waals surface area contributed by atoms with E-state index in [0.717, 1.165) is 37.1 Å². The van der Waals surface area contributed by atoms with E-state index >= 15 is 0 Å². The van der Waals surface area contributed by atoms with Crippen molar-refractivity contribution in [3.8, 4) is 11.1 Å². The Balaban J connectivity index is 1.52. The fraction of sp³-hybridized carbons (Fsp3) is 0.238. The fourth-order valence-corrected chi connectivity index (χ4v) is 4.43. The van der Waals surface area contributed by atoms with Gasteiger partial charge in [-0.05, 0) is 47.7 Å². The van der Waals surface area contributed by atoms with Gasteiger partial charge in [-0.1, -0.05) is 60.4 Å². The predicted molar refractivity (Wildman–Crippen MR) is 118 cm³/mol. The first kappa shape index (κ1) is 18.2. The Hall–Kier alpha value is -2.15. The molecular formula is C21H21N3OS2. The van der Waals surface area contributed by atoms with E-state index in [-0.39, 0.29) is 5.91 Å². The lowest BCUT2D eigenvalue weighted by Crippen LogP contribution is -2.39. The van der Waals surface area contributed by atoms with Gasteiger partial charge in [-0.15, -0.1) is 0 Å². The smallest absolute Gasteiger partial charge is 0.263 e. The van der Waals surface area contributed by atoms with Crippen molar-refractivity contribution >= 4 is 46.0 Å². The molecule has 4 rings (SSSR count). The number of anilines is 1. The lowest BCUT2D eigenvalue weighted by molar-refractivity contribution is -0.115. The Morgan fingerprint density at radius 3 is 2.52 bits per heavy atom. The van der Waals surface area contributed by atoms with Crippen LogP contribution in [0.25, 0.3) is 17.2 Å². The molecule has 0 radical (unpaired) electrons. The van der Waals surface area contributed by atoms with Crippen LogP contribution in [0, 0.1) is 0 Å². The normalized spacial score (nSPS) is 19.6. The van der Waals surface area contributed by atoms with Crippen LogP contribution in [0.5, 0.6) is 0 Å². The number of carbonyl (C=O) groups excluding carboxylic acids is 1. The SMILES string of the molecule is NC1CCN(c2cccc(-c3ccc(/C=C4\SC(=S)NC4=O)cc3)c2)CC1. The summed E-state index contributed by atoms with van der Waals surface area (Å²) >= 11 is 6.33. The molecule has 2 saturated heterocycles. The third-order valence-corrected chi connectivity index (χ3v) is 6.10. The Morgan fingerprint density at radius 1 is 1.11 bits per heavy atom. The first-order valence-corrected chi connectivity index (χ1v) is 10.3. The van der Waals surface area contributed by atoms with Gasteiger partial charge in [-0.25, -0.2) is 0 Å². The number of nitrogens with zero attached hydrogens (tertiary/aromatic N) is 1. The van der Waals surface area contributed by atoms with E-state index in [0.29, 0.717) is 15.3 Å². The maximum Gasteiger partial charge on any atom is 0.263 e. The van der Waals surface area contributed by atoms with E-state index in [9.17, 15) is 4.79 Å². The van der Waals surface area contributed by atoms with Crippen LogP contribution in [-0.2, 0) is 4.79 Å². The summed E-state index contributed by atoms with van der Waals surface area (Å²) in [6.45, 7) is 2.03. The second-order valence-corrected chi connectivity index (χ2v) is 8.57. The van der Waals surface area contributed by atoms with Gasteiger partial charge in [0.2, 0.25) is 0 Å². The number of benzene rings is 2. The lowest BCUT2D eigenvalue weighted by atomic mass is 10.0. The number of thioether (sulfide) groups is 1. The van der Waals surface area contributed by atoms with Crippen molar-refractivity contribution < 1.29 is 4.79 Å². The summed E-state index contributed by atoms with van der Waals surface area (Å²) in [6.07, 6.45) is 3.96. The summed E-state index contributed by atoms with van der Waals surface area (Å²) in [5, 5.41) is 2.64. The fourth-order valence-electron chi connectivity index (χ4n) is 3.38. The van der Waals surface area contributed by atoms with Crippen molar-refractivity contribution in [2.24, 2.45) is 5.73 Å². The van der Waals surface area contributed by atoms with Crippen molar-refractivity contribution in [2.45, 2.75) is 18.9 Å². The first-order valence-electron chi connectivity index (χ1n) is 9.04. The molecule has 4 nitrogen and oxygen atoms in total. The Labute approximate surface area is 168 Å². The van der Waals surface area contributed by atoms with Gasteiger partial charge >= 0.3 is 0 Å². The minimum atomic E-state index is -0.122. The highest BCUT2D eigenvalue weighted by atomic mass is 32.2. The minimum Gasteiger partial charge on any atom is -0.371 e. The highest BCUT2D eigenvalue weighted by molar-refractivity contribution is 8.26. The number of nitrogens with one attached hydrogen (secondary N) is 1. The highest BCUT2D eigenvalue weighted by Crippen LogP contribution is 2.29. The molecule has 0 spiro atoms. The number of rotatable bonds is 3. The Morgan fingerprint density at radius 2 is 1.85 bits per heavy atom. The molecule has 138 valence electrons. The molecule has 2 aromatic carbocycles. The second-order valence-electron chi connectivity index (χ2n) is 6.85. The Bertz CT molecular complexity index is 900. The van der Waals surface area contributed by atoms with Gasteiger partial charge in [-0.3, -0.25) is 4.79 Å². The zero-order valence-corrected chi connectivity index (χ0v) is 16.5. The minimum absolute atomic E-state index is 0.122. The van der Waals surface area contributed by atoms with Gasteiger partial charge in [0.25, 0.3) is 5.91 Å². The Kier molecular flexibility index (Phi) is 5.29. The van der Waals surface area contributed by atoms with Crippen LogP contribution >= 0.6 is 24.0 Å². The monoisotopic (exact) mass is 395 g/mol. The number of thiocarbonyl (C=S) groups is 1. The molecule has 2 heterocycles. The molecule has 2 aromatic rings. The van der Waals surface area contributed by atoms with E-state index in [2.05, 4.69) is 46.6 Å². The first-order chi connectivity index (χ1) is 13.1. The molecule has 0 atom stereocenters. The molecular weight excluding hydrogens is 374 g/mol. The van der Waals surface area contributed by atoms with Crippen LogP contribution in [0.3, 0.4) is 0 Å². The van der Waals surface area contributed by atoms with Gasteiger partial charge < -0.3 is 16.0 Å². The van der Waals surface area contributed by atoms with Crippen molar-refractivity contribution in [3.63, 3.8) is 0 Å². The summed E-state index contributed by atoms with van der Waals surface area (Å²) < 4.78 is 0.512. The van der Waals surface area contributed by atoms with Crippen molar-refractivity contribution in [2.75, 3.05) is 18.0 Å². The van der Waals surface area contributed by atoms with Crippen LogP contribution in [-0.4, -0.2) is 29.4 Å². The molecule has 0 aromatic heterocycles. The topological polar surface area (TPSA) is 58.4 Å². The van der Waals surface area contributed by atoms with E-state index < -0.39 is 0 Å². The number of carbonyl (C=O) groups is 1. The second kappa shape index (κ2) is 7.84. The van der Waals surface area contributed by atoms with E-state index in [1.807, 2.05) is 18.2 Å². The quantitative estimate of drug-likeness (QED) is 0.612. The summed E-state index contributed by atoms with van der Waals surface area (Å²) in [5.41, 5.74) is 10.6. The van der Waals surface area contributed by atoms with Gasteiger partial charge in [0.1, 0.15) is 4.32 Å². The number of nitrogens with two attached hydrogens (primary N) is 1. The largest absolute Gasteiger partial charge is 0.371 e. The van der Waals surface area contributed by atoms with Crippen LogP contribution in [0.15, 0.2) is 53.4 Å². The number of amides is 1. The standard InChI is InChI=1S/C21H21N3OS2/c22-17-8-10-24(11-9-17)18-3-1-2-16(13-18)15-6-4-14(5-7-15)12-19-20(25)23-21(26)27-19/h1-7,12-13,17H,8-11,22H2,(H,23,25,26)/b19-12-. The number of piperidine rings is 1. The van der Waals surface area contributed by atoms with Gasteiger partial charge in [0.15, 0.2) is 0 Å². The van der Waals surface area contributed by atoms with E-state index in [1.54, 1.807) is 0 Å². The molecule has 0 aliphatic carbocycles. The molecule has 3 N–H and O–H groups in total. The third kappa shape index (κ3) is 4.24. The maximum absolute atomic E-state index is 11.8. The molecule has 27 heavy (non-hydrogen) atoms. The summed E-state index contributed by atoms with van der Waals surface area (Å²) in [6, 6.07) is 17.2. The summed E-state index contributed by atoms with van der Waals surface area (Å²) in [7, 11) is 0. The molecule has 2 aliphatic heterocycles. The van der Waals surface area contributed by atoms with Crippen LogP contribution in [0.4, 0.5) is 5.69 Å². The molecule has 2 fully saturated rings. The van der Waals surface area contributed by atoms with E-state index in [1.165, 1.54) is 23.0 Å². The van der Waals surface area contributed by atoms with E-state index in [4.69, 9.17) is 18.0 Å². The molecule has 0 unspecified atom stereocenters. The van der Waals surface area contributed by atoms with Crippen molar-refractivity contribution in [3.05, 3.63) is 59.0 Å². The average Bonchev–Trinajstić information content (AvgIpc) is 3.00. The van der Waals surface area contributed by atoms with Crippen LogP contribution in [0.1, 0.15) is 18.4 Å². The molecule has 0 bridgehead atoms. The van der Waals surface area contributed by atoms with Crippen LogP contribution < -0.4 is 16.0 Å². The molecule has 2 aliphatic rings. The van der Waals surface area contributed by atoms with Crippen molar-refractivity contribution in [1.29, 1.82) is 0 Å². The lowest BCUT2D eigenvalue weighted by Gasteiger charge is -2.32. The van der Waals surface area contributed by atoms with Gasteiger partial charge in [0, 0.05) is 24.8 Å². The number of hydrogen-bond acceptors (Lipinski definition) is 5. The van der Waals surface area contributed by atoms with Gasteiger partial charge in [-0.2, -0.15) is 0 Å². The predicted octanol–water partition coefficient (Wildman–Crippen LogP) is 3.77. The third-order valence-electron chi connectivity index (χ3n) is 4.93. The molecule has 1 amide bonds. The zero-order chi connectivity index (χ0) is 18.8. The summed E-state index contributed by atoms with van der Waals surface area (Å²) in [4.78, 5) is 14.8. The average molecular weight is 396 g/mol.